The number of para-hydroxylation sites is 1. The molecule has 0 bridgehead atoms. The van der Waals surface area contributed by atoms with Crippen molar-refractivity contribution in [2.75, 3.05) is 13.7 Å². The maximum absolute atomic E-state index is 12.7. The van der Waals surface area contributed by atoms with Crippen LogP contribution in [0.25, 0.3) is 21.5 Å². The van der Waals surface area contributed by atoms with E-state index in [0.29, 0.717) is 18.7 Å². The first-order valence-corrected chi connectivity index (χ1v) is 11.5. The molecule has 0 aliphatic carbocycles. The molecule has 2 aromatic heterocycles. The maximum Gasteiger partial charge on any atom is 0.328 e. The summed E-state index contributed by atoms with van der Waals surface area (Å²) >= 11 is 1.47. The molecular weight excluding hydrogens is 438 g/mol. The molecule has 0 radical (unpaired) electrons. The van der Waals surface area contributed by atoms with Crippen LogP contribution in [0.5, 0.6) is 5.75 Å². The van der Waals surface area contributed by atoms with Gasteiger partial charge in [0.2, 0.25) is 5.91 Å². The molecule has 0 saturated heterocycles. The second-order valence-corrected chi connectivity index (χ2v) is 8.34. The summed E-state index contributed by atoms with van der Waals surface area (Å²) in [6.45, 7) is 2.56. The fourth-order valence-electron chi connectivity index (χ4n) is 3.65. The van der Waals surface area contributed by atoms with Crippen molar-refractivity contribution in [3.05, 3.63) is 71.4 Å². The summed E-state index contributed by atoms with van der Waals surface area (Å²) in [6, 6.07) is 14.7. The van der Waals surface area contributed by atoms with Gasteiger partial charge in [-0.3, -0.25) is 4.79 Å². The van der Waals surface area contributed by atoms with Crippen molar-refractivity contribution in [1.82, 2.24) is 15.3 Å². The first-order chi connectivity index (χ1) is 16.1. The Kier molecular flexibility index (Phi) is 7.04. The lowest BCUT2D eigenvalue weighted by molar-refractivity contribution is -0.145. The van der Waals surface area contributed by atoms with Gasteiger partial charge in [-0.25, -0.2) is 9.78 Å². The summed E-state index contributed by atoms with van der Waals surface area (Å²) < 4.78 is 10.4. The number of hydrogen-bond donors (Lipinski definition) is 2. The zero-order valence-corrected chi connectivity index (χ0v) is 19.3. The Morgan fingerprint density at radius 2 is 1.94 bits per heavy atom. The number of H-pyrrole nitrogens is 1. The number of hydrogen-bond acceptors (Lipinski definition) is 6. The number of ether oxygens (including phenoxy) is 2. The van der Waals surface area contributed by atoms with Crippen molar-refractivity contribution < 1.29 is 19.1 Å². The van der Waals surface area contributed by atoms with Gasteiger partial charge in [-0.2, -0.15) is 0 Å². The first-order valence-electron chi connectivity index (χ1n) is 10.7. The Bertz CT molecular complexity index is 1250. The van der Waals surface area contributed by atoms with Gasteiger partial charge < -0.3 is 19.8 Å². The lowest BCUT2D eigenvalue weighted by atomic mass is 10.0. The molecule has 0 spiro atoms. The molecule has 170 valence electrons. The van der Waals surface area contributed by atoms with Gasteiger partial charge in [-0.05, 0) is 42.8 Å². The fourth-order valence-corrected chi connectivity index (χ4v) is 4.47. The number of esters is 1. The van der Waals surface area contributed by atoms with Crippen LogP contribution in [-0.4, -0.2) is 41.6 Å². The highest BCUT2D eigenvalue weighted by Crippen LogP contribution is 2.26. The van der Waals surface area contributed by atoms with Gasteiger partial charge in [0.05, 0.1) is 25.8 Å². The Morgan fingerprint density at radius 1 is 1.15 bits per heavy atom. The van der Waals surface area contributed by atoms with Crippen molar-refractivity contribution >= 4 is 34.1 Å². The van der Waals surface area contributed by atoms with Crippen molar-refractivity contribution in [2.24, 2.45) is 0 Å². The lowest BCUT2D eigenvalue weighted by Gasteiger charge is -2.16. The molecular formula is C25H25N3O4S. The molecule has 4 rings (SSSR count). The summed E-state index contributed by atoms with van der Waals surface area (Å²) in [7, 11) is 1.32. The van der Waals surface area contributed by atoms with E-state index in [0.717, 1.165) is 32.8 Å². The predicted octanol–water partition coefficient (Wildman–Crippen LogP) is 4.13. The average molecular weight is 464 g/mol. The van der Waals surface area contributed by atoms with Gasteiger partial charge in [0, 0.05) is 34.5 Å². The van der Waals surface area contributed by atoms with Gasteiger partial charge in [0.1, 0.15) is 16.8 Å². The Hall–Kier alpha value is -3.65. The highest BCUT2D eigenvalue weighted by atomic mass is 32.1. The molecule has 2 aromatic carbocycles. The van der Waals surface area contributed by atoms with E-state index in [4.69, 9.17) is 9.47 Å². The fraction of sp³-hybridized carbons (Fsp3) is 0.240. The van der Waals surface area contributed by atoms with Crippen molar-refractivity contribution in [2.45, 2.75) is 25.8 Å². The summed E-state index contributed by atoms with van der Waals surface area (Å²) in [5, 5.41) is 6.51. The molecule has 2 heterocycles. The van der Waals surface area contributed by atoms with Crippen LogP contribution in [0.15, 0.2) is 60.1 Å². The number of nitrogens with zero attached hydrogens (tertiary/aromatic N) is 1. The second kappa shape index (κ2) is 10.3. The molecule has 8 heteroatoms. The highest BCUT2D eigenvalue weighted by molar-refractivity contribution is 7.13. The van der Waals surface area contributed by atoms with E-state index in [2.05, 4.69) is 15.3 Å². The Labute approximate surface area is 195 Å². The highest BCUT2D eigenvalue weighted by Gasteiger charge is 2.23. The molecule has 0 saturated carbocycles. The minimum absolute atomic E-state index is 0.0783. The Balaban J connectivity index is 1.42. The number of thiazole rings is 1. The van der Waals surface area contributed by atoms with Crippen molar-refractivity contribution in [1.29, 1.82) is 0 Å². The average Bonchev–Trinajstić information content (AvgIpc) is 3.46. The number of amides is 1. The number of methoxy groups -OCH3 is 1. The summed E-state index contributed by atoms with van der Waals surface area (Å²) in [6.07, 6.45) is 2.27. The van der Waals surface area contributed by atoms with Crippen LogP contribution in [-0.2, 0) is 27.2 Å². The number of rotatable bonds is 9. The molecule has 7 nitrogen and oxygen atoms in total. The van der Waals surface area contributed by atoms with Crippen LogP contribution in [0.1, 0.15) is 18.2 Å². The largest absolute Gasteiger partial charge is 0.494 e. The molecule has 0 aliphatic rings. The monoisotopic (exact) mass is 463 g/mol. The normalized spacial score (nSPS) is 11.8. The van der Waals surface area contributed by atoms with E-state index in [1.165, 1.54) is 18.4 Å². The zero-order valence-electron chi connectivity index (χ0n) is 18.5. The van der Waals surface area contributed by atoms with Gasteiger partial charge in [0.15, 0.2) is 0 Å². The van der Waals surface area contributed by atoms with Gasteiger partial charge in [-0.1, -0.05) is 18.2 Å². The number of carbonyl (C=O) groups excluding carboxylic acids is 2. The third-order valence-electron chi connectivity index (χ3n) is 5.23. The zero-order chi connectivity index (χ0) is 23.2. The number of carbonyl (C=O) groups is 2. The molecule has 2 N–H and O–H groups in total. The van der Waals surface area contributed by atoms with Crippen LogP contribution in [0.2, 0.25) is 0 Å². The maximum atomic E-state index is 12.7. The Morgan fingerprint density at radius 3 is 2.70 bits per heavy atom. The van der Waals surface area contributed by atoms with Gasteiger partial charge in [-0.15, -0.1) is 11.3 Å². The number of aromatic amines is 1. The topological polar surface area (TPSA) is 93.3 Å². The molecule has 33 heavy (non-hydrogen) atoms. The van der Waals surface area contributed by atoms with E-state index in [1.807, 2.05) is 67.0 Å². The van der Waals surface area contributed by atoms with Crippen LogP contribution in [0.3, 0.4) is 0 Å². The lowest BCUT2D eigenvalue weighted by Crippen LogP contribution is -2.43. The minimum Gasteiger partial charge on any atom is -0.494 e. The van der Waals surface area contributed by atoms with Gasteiger partial charge in [0.25, 0.3) is 0 Å². The van der Waals surface area contributed by atoms with E-state index >= 15 is 0 Å². The van der Waals surface area contributed by atoms with Crippen molar-refractivity contribution in [3.63, 3.8) is 0 Å². The molecule has 0 aliphatic heterocycles. The summed E-state index contributed by atoms with van der Waals surface area (Å²) in [5.41, 5.74) is 3.53. The standard InChI is InChI=1S/C25H25N3O4S/c1-3-32-19-10-8-16(9-11-19)24-27-18(15-33-24)13-23(29)28-22(25(30)31-2)12-17-14-26-21-7-5-4-6-20(17)21/h4-11,14-15,22,26H,3,12-13H2,1-2H3,(H,28,29)/t22-/m1/s1. The molecule has 4 aromatic rings. The molecule has 1 amide bonds. The van der Waals surface area contributed by atoms with E-state index in [9.17, 15) is 9.59 Å². The van der Waals surface area contributed by atoms with Crippen LogP contribution >= 0.6 is 11.3 Å². The van der Waals surface area contributed by atoms with Crippen LogP contribution < -0.4 is 10.1 Å². The predicted molar refractivity (Wildman–Crippen MR) is 128 cm³/mol. The SMILES string of the molecule is CCOc1ccc(-c2nc(CC(=O)N[C@H](Cc3c[nH]c4ccccc34)C(=O)OC)cs2)cc1. The summed E-state index contributed by atoms with van der Waals surface area (Å²) in [4.78, 5) is 32.8. The number of aromatic nitrogens is 2. The number of fused-ring (bicyclic) bond motifs is 1. The van der Waals surface area contributed by atoms with E-state index < -0.39 is 12.0 Å². The quantitative estimate of drug-likeness (QED) is 0.364. The van der Waals surface area contributed by atoms with Crippen molar-refractivity contribution in [3.8, 4) is 16.3 Å². The minimum atomic E-state index is -0.786. The third-order valence-corrected chi connectivity index (χ3v) is 6.17. The van der Waals surface area contributed by atoms with Crippen LogP contribution in [0, 0.1) is 0 Å². The van der Waals surface area contributed by atoms with Gasteiger partial charge >= 0.3 is 5.97 Å². The number of nitrogens with one attached hydrogen (secondary N) is 2. The van der Waals surface area contributed by atoms with E-state index in [1.54, 1.807) is 0 Å². The van der Waals surface area contributed by atoms with Crippen LogP contribution in [0.4, 0.5) is 0 Å². The smallest absolute Gasteiger partial charge is 0.328 e. The molecule has 0 unspecified atom stereocenters. The molecule has 1 atom stereocenters. The molecule has 0 fully saturated rings. The number of benzene rings is 2. The van der Waals surface area contributed by atoms with E-state index in [-0.39, 0.29) is 12.3 Å². The summed E-state index contributed by atoms with van der Waals surface area (Å²) in [5.74, 6) is 0.0391. The first kappa shape index (κ1) is 22.5. The second-order valence-electron chi connectivity index (χ2n) is 7.49. The third kappa shape index (κ3) is 5.40.